The smallest absolute Gasteiger partial charge is 0.306 e. The molecule has 0 spiro atoms. The first-order valence-electron chi connectivity index (χ1n) is 36.2. The molecule has 3 unspecified atom stereocenters. The summed E-state index contributed by atoms with van der Waals surface area (Å²) in [6.45, 7) is 6.83. The number of allylic oxidation sites excluding steroid dienone is 11. The Bertz CT molecular complexity index is 1680. The number of hydrogen-bond donors (Lipinski definition) is 1. The maximum Gasteiger partial charge on any atom is 0.306 e. The molecule has 0 bridgehead atoms. The van der Waals surface area contributed by atoms with E-state index in [1.807, 2.05) is 33.3 Å². The number of likely N-dealkylation sites (N-methyl/N-ethyl adjacent to an activating group) is 1. The molecule has 0 aliphatic carbocycles. The maximum atomic E-state index is 13.6. The van der Waals surface area contributed by atoms with E-state index in [2.05, 4.69) is 86.8 Å². The average Bonchev–Trinajstić information content (AvgIpc) is 3.64. The minimum Gasteiger partial charge on any atom is -0.756 e. The summed E-state index contributed by atoms with van der Waals surface area (Å²) >= 11 is 0. The number of rotatable bonds is 66. The summed E-state index contributed by atoms with van der Waals surface area (Å²) in [6, 6.07) is -0.893. The summed E-state index contributed by atoms with van der Waals surface area (Å²) in [5.74, 6) is -0.534. The first-order valence-corrected chi connectivity index (χ1v) is 37.7. The van der Waals surface area contributed by atoms with Crippen molar-refractivity contribution in [2.45, 2.75) is 354 Å². The fourth-order valence-corrected chi connectivity index (χ4v) is 11.2. The summed E-state index contributed by atoms with van der Waals surface area (Å²) in [4.78, 5) is 40.2. The summed E-state index contributed by atoms with van der Waals surface area (Å²) in [5, 5.41) is 3.05. The molecule has 1 amide bonds. The van der Waals surface area contributed by atoms with Crippen LogP contribution < -0.4 is 10.2 Å². The molecule has 0 heterocycles. The van der Waals surface area contributed by atoms with Gasteiger partial charge in [0.05, 0.1) is 33.8 Å². The van der Waals surface area contributed by atoms with Crippen LogP contribution in [0.1, 0.15) is 342 Å². The lowest BCUT2D eigenvalue weighted by Crippen LogP contribution is -2.47. The third-order valence-electron chi connectivity index (χ3n) is 16.1. The van der Waals surface area contributed by atoms with Gasteiger partial charge in [0.1, 0.15) is 19.3 Å². The zero-order valence-corrected chi connectivity index (χ0v) is 57.7. The maximum absolute atomic E-state index is 13.6. The molecule has 0 fully saturated rings. The van der Waals surface area contributed by atoms with E-state index in [0.717, 1.165) is 77.0 Å². The number of carbonyl (C=O) groups is 2. The Labute approximate surface area is 527 Å². The number of hydrogen-bond acceptors (Lipinski definition) is 7. The van der Waals surface area contributed by atoms with Gasteiger partial charge in [-0.15, -0.1) is 0 Å². The molecule has 0 aliphatic heterocycles. The van der Waals surface area contributed by atoms with Crippen LogP contribution in [0.2, 0.25) is 0 Å². The highest BCUT2D eigenvalue weighted by Gasteiger charge is 2.27. The van der Waals surface area contributed by atoms with Crippen molar-refractivity contribution >= 4 is 19.7 Å². The van der Waals surface area contributed by atoms with Crippen LogP contribution in [0.25, 0.3) is 0 Å². The lowest BCUT2D eigenvalue weighted by Gasteiger charge is -2.30. The Balaban J connectivity index is 5.08. The second kappa shape index (κ2) is 64.4. The van der Waals surface area contributed by atoms with Crippen molar-refractivity contribution < 1.29 is 37.3 Å². The first-order chi connectivity index (χ1) is 41.4. The van der Waals surface area contributed by atoms with Crippen LogP contribution in [-0.2, 0) is 27.9 Å². The molecule has 0 saturated heterocycles. The van der Waals surface area contributed by atoms with Gasteiger partial charge in [-0.2, -0.15) is 0 Å². The van der Waals surface area contributed by atoms with Gasteiger partial charge in [0.2, 0.25) is 5.91 Å². The normalized spacial score (nSPS) is 13.9. The van der Waals surface area contributed by atoms with E-state index in [4.69, 9.17) is 13.8 Å². The summed E-state index contributed by atoms with van der Waals surface area (Å²) in [5.41, 5.74) is 0. The Morgan fingerprint density at radius 3 is 1.09 bits per heavy atom. The third-order valence-corrected chi connectivity index (χ3v) is 17.1. The molecule has 0 aromatic heterocycles. The van der Waals surface area contributed by atoms with Crippen LogP contribution in [0.5, 0.6) is 0 Å². The SMILES string of the molecule is CCCCC/C=C\C/C=C\C/C=C\CCCCCCCCCCCCCCC(=O)NC(COP(=O)([O-])OCC[N+](C)(C)C)C(/C=C\CCCCCCCCCCCCC)OC(=O)CCCCCCCCCCCCC/C=C\C/C=C\CCCCC. The van der Waals surface area contributed by atoms with Gasteiger partial charge in [-0.3, -0.25) is 14.2 Å². The van der Waals surface area contributed by atoms with Crippen molar-refractivity contribution in [3.8, 4) is 0 Å². The van der Waals surface area contributed by atoms with Gasteiger partial charge < -0.3 is 28.5 Å². The second-order valence-electron chi connectivity index (χ2n) is 25.7. The Hall–Kier alpha value is -2.55. The molecule has 0 aromatic carbocycles. The van der Waals surface area contributed by atoms with Gasteiger partial charge in [0.15, 0.2) is 0 Å². The van der Waals surface area contributed by atoms with Crippen LogP contribution >= 0.6 is 7.82 Å². The summed E-state index contributed by atoms with van der Waals surface area (Å²) in [7, 11) is 1.19. The third kappa shape index (κ3) is 65.7. The van der Waals surface area contributed by atoms with Gasteiger partial charge >= 0.3 is 5.97 Å². The van der Waals surface area contributed by atoms with Crippen molar-refractivity contribution in [1.82, 2.24) is 5.32 Å². The summed E-state index contributed by atoms with van der Waals surface area (Å²) < 4.78 is 30.5. The predicted octanol–water partition coefficient (Wildman–Crippen LogP) is 22.5. The van der Waals surface area contributed by atoms with Crippen LogP contribution in [0, 0.1) is 0 Å². The fraction of sp³-hybridized carbons (Fsp3) is 0.813. The summed E-state index contributed by atoms with van der Waals surface area (Å²) in [6.07, 6.45) is 84.4. The van der Waals surface area contributed by atoms with E-state index >= 15 is 0 Å². The number of phosphoric acid groups is 1. The number of carbonyl (C=O) groups excluding carboxylic acids is 2. The molecule has 10 heteroatoms. The molecular formula is C75H139N2O7P. The highest BCUT2D eigenvalue weighted by atomic mass is 31.2. The fourth-order valence-electron chi connectivity index (χ4n) is 10.5. The van der Waals surface area contributed by atoms with E-state index < -0.39 is 20.0 Å². The van der Waals surface area contributed by atoms with Crippen LogP contribution in [0.15, 0.2) is 72.9 Å². The molecule has 9 nitrogen and oxygen atoms in total. The molecule has 496 valence electrons. The Morgan fingerprint density at radius 2 is 0.718 bits per heavy atom. The minimum absolute atomic E-state index is 0.0238. The minimum atomic E-state index is -4.71. The van der Waals surface area contributed by atoms with Gasteiger partial charge in [-0.25, -0.2) is 0 Å². The van der Waals surface area contributed by atoms with E-state index in [1.165, 1.54) is 231 Å². The van der Waals surface area contributed by atoms with Crippen LogP contribution in [0.3, 0.4) is 0 Å². The highest BCUT2D eigenvalue weighted by Crippen LogP contribution is 2.38. The zero-order chi connectivity index (χ0) is 62.1. The van der Waals surface area contributed by atoms with E-state index in [-0.39, 0.29) is 31.5 Å². The number of nitrogens with one attached hydrogen (secondary N) is 1. The molecule has 0 radical (unpaired) electrons. The van der Waals surface area contributed by atoms with E-state index in [0.29, 0.717) is 17.4 Å². The molecule has 0 rings (SSSR count). The number of ether oxygens (including phenoxy) is 1. The zero-order valence-electron chi connectivity index (χ0n) is 56.8. The Morgan fingerprint density at radius 1 is 0.412 bits per heavy atom. The number of phosphoric ester groups is 1. The van der Waals surface area contributed by atoms with Gasteiger partial charge in [-0.05, 0) is 102 Å². The molecule has 0 saturated carbocycles. The van der Waals surface area contributed by atoms with Gasteiger partial charge in [-0.1, -0.05) is 299 Å². The van der Waals surface area contributed by atoms with Crippen molar-refractivity contribution in [3.05, 3.63) is 72.9 Å². The van der Waals surface area contributed by atoms with Crippen LogP contribution in [0.4, 0.5) is 0 Å². The van der Waals surface area contributed by atoms with Crippen LogP contribution in [-0.4, -0.2) is 69.4 Å². The number of quaternary nitrogens is 1. The number of amides is 1. The standard InChI is InChI=1S/C75H139N2O7P/c1-7-10-13-16-19-22-25-28-30-32-34-36-37-38-39-41-42-44-46-49-52-55-58-61-64-67-74(78)76-72(71-83-85(80,81)82-70-69-77(4,5)6)73(66-63-60-57-54-51-48-27-24-21-18-15-12-9-3)84-75(79)68-65-62-59-56-53-50-47-45-43-40-35-33-31-29-26-23-20-17-14-11-8-2/h19-20,22-23,28-31,34,36,63,66,72-73H,7-18,21,24-27,32-33,35,37-62,64-65,67-71H2,1-6H3,(H-,76,78,80,81)/b22-19-,23-20-,30-28-,31-29-,36-34-,66-63-. The molecule has 3 atom stereocenters. The number of unbranched alkanes of at least 4 members (excludes halogenated alkanes) is 40. The first kappa shape index (κ1) is 82.5. The lowest BCUT2D eigenvalue weighted by molar-refractivity contribution is -0.870. The van der Waals surface area contributed by atoms with E-state index in [9.17, 15) is 19.0 Å². The van der Waals surface area contributed by atoms with E-state index in [1.54, 1.807) is 0 Å². The topological polar surface area (TPSA) is 114 Å². The highest BCUT2D eigenvalue weighted by molar-refractivity contribution is 7.45. The Kier molecular flexibility index (Phi) is 62.5. The molecule has 85 heavy (non-hydrogen) atoms. The second-order valence-corrected chi connectivity index (χ2v) is 27.1. The largest absolute Gasteiger partial charge is 0.756 e. The molecular weight excluding hydrogens is 1070 g/mol. The monoisotopic (exact) mass is 1210 g/mol. The van der Waals surface area contributed by atoms with Crippen molar-refractivity contribution in [2.24, 2.45) is 0 Å². The van der Waals surface area contributed by atoms with Crippen molar-refractivity contribution in [3.63, 3.8) is 0 Å². The number of nitrogens with zero attached hydrogens (tertiary/aromatic N) is 1. The lowest BCUT2D eigenvalue weighted by atomic mass is 10.0. The molecule has 1 N–H and O–H groups in total. The van der Waals surface area contributed by atoms with Gasteiger partial charge in [0.25, 0.3) is 7.82 Å². The average molecular weight is 1210 g/mol. The van der Waals surface area contributed by atoms with Crippen molar-refractivity contribution in [2.75, 3.05) is 40.9 Å². The molecule has 0 aliphatic rings. The quantitative estimate of drug-likeness (QED) is 0.0212. The van der Waals surface area contributed by atoms with Gasteiger partial charge in [0, 0.05) is 12.8 Å². The van der Waals surface area contributed by atoms with Crippen molar-refractivity contribution in [1.29, 1.82) is 0 Å². The number of esters is 1. The predicted molar refractivity (Wildman–Crippen MR) is 367 cm³/mol. The molecule has 0 aromatic rings.